The minimum absolute atomic E-state index is 0. The quantitative estimate of drug-likeness (QED) is 0.726. The lowest BCUT2D eigenvalue weighted by atomic mass is 10.1. The smallest absolute Gasteiger partial charge is 0.407 e. The molecule has 1 heterocycles. The molecule has 0 saturated carbocycles. The fraction of sp³-hybridized carbons (Fsp3) is 0.900. The van der Waals surface area contributed by atoms with Gasteiger partial charge in [0, 0.05) is 13.1 Å². The van der Waals surface area contributed by atoms with E-state index in [-0.39, 0.29) is 5.48 Å². The molecule has 1 fully saturated rings. The van der Waals surface area contributed by atoms with Crippen LogP contribution in [0.5, 0.6) is 0 Å². The van der Waals surface area contributed by atoms with Crippen molar-refractivity contribution in [1.29, 1.82) is 0 Å². The van der Waals surface area contributed by atoms with Gasteiger partial charge >= 0.3 is 6.09 Å². The summed E-state index contributed by atoms with van der Waals surface area (Å²) in [5.74, 6) is 0. The Balaban J connectivity index is 0. The van der Waals surface area contributed by atoms with Gasteiger partial charge in [0.05, 0.1) is 0 Å². The number of piperidine rings is 1. The molecule has 0 aromatic rings. The number of nitrogens with one attached hydrogen (secondary N) is 1. The van der Waals surface area contributed by atoms with Crippen LogP contribution in [0.4, 0.5) is 4.79 Å². The second-order valence-electron chi connectivity index (χ2n) is 3.29. The first-order chi connectivity index (χ1) is 6.72. The molecule has 0 unspecified atom stereocenters. The number of amides is 1. The molecule has 0 aromatic carbocycles. The Bertz CT molecular complexity index is 146. The van der Waals surface area contributed by atoms with E-state index in [9.17, 15) is 4.79 Å². The van der Waals surface area contributed by atoms with Gasteiger partial charge in [-0.05, 0) is 32.4 Å². The molecule has 5 heteroatoms. The zero-order valence-corrected chi connectivity index (χ0v) is 9.75. The number of carbonyl (C=O) groups is 1. The van der Waals surface area contributed by atoms with Crippen molar-refractivity contribution in [2.75, 3.05) is 26.2 Å². The van der Waals surface area contributed by atoms with Gasteiger partial charge in [-0.3, -0.25) is 0 Å². The standard InChI is InChI=1S/C6H11NO2.C4H11N.H2O/c8-6(9)7-4-2-1-3-5-7;1-3-5-4-2;/h1-5H2,(H,8,9);5H,3-4H2,1-2H3;1H2. The topological polar surface area (TPSA) is 84.1 Å². The summed E-state index contributed by atoms with van der Waals surface area (Å²) in [5.41, 5.74) is 0. The van der Waals surface area contributed by atoms with E-state index in [1.54, 1.807) is 0 Å². The number of hydrogen-bond donors (Lipinski definition) is 2. The summed E-state index contributed by atoms with van der Waals surface area (Å²) in [5, 5.41) is 11.6. The molecule has 5 nitrogen and oxygen atoms in total. The lowest BCUT2D eigenvalue weighted by molar-refractivity contribution is 0.136. The first kappa shape index (κ1) is 16.6. The summed E-state index contributed by atoms with van der Waals surface area (Å²) in [7, 11) is 0. The number of nitrogens with zero attached hydrogens (tertiary/aromatic N) is 1. The van der Waals surface area contributed by atoms with Crippen molar-refractivity contribution < 1.29 is 15.4 Å². The maximum Gasteiger partial charge on any atom is 0.407 e. The van der Waals surface area contributed by atoms with Gasteiger partial charge in [0.25, 0.3) is 0 Å². The van der Waals surface area contributed by atoms with E-state index < -0.39 is 6.09 Å². The zero-order valence-electron chi connectivity index (χ0n) is 9.75. The van der Waals surface area contributed by atoms with Gasteiger partial charge in [-0.15, -0.1) is 0 Å². The molecule has 1 rings (SSSR count). The van der Waals surface area contributed by atoms with Gasteiger partial charge in [-0.25, -0.2) is 4.79 Å². The van der Waals surface area contributed by atoms with E-state index in [4.69, 9.17) is 5.11 Å². The van der Waals surface area contributed by atoms with Crippen molar-refractivity contribution in [3.05, 3.63) is 0 Å². The Hall–Kier alpha value is -0.810. The average Bonchev–Trinajstić information content (AvgIpc) is 2.21. The van der Waals surface area contributed by atoms with E-state index in [1.807, 2.05) is 0 Å². The van der Waals surface area contributed by atoms with Crippen LogP contribution in [0.3, 0.4) is 0 Å². The predicted octanol–water partition coefficient (Wildman–Crippen LogP) is 0.941. The summed E-state index contributed by atoms with van der Waals surface area (Å²) in [6.07, 6.45) is 2.48. The molecule has 1 aliphatic heterocycles. The average molecular weight is 220 g/mol. The number of likely N-dealkylation sites (tertiary alicyclic amines) is 1. The van der Waals surface area contributed by atoms with Crippen LogP contribution in [0, 0.1) is 0 Å². The van der Waals surface area contributed by atoms with Gasteiger partial charge in [0.15, 0.2) is 0 Å². The highest BCUT2D eigenvalue weighted by atomic mass is 16.4. The van der Waals surface area contributed by atoms with Crippen LogP contribution >= 0.6 is 0 Å². The molecule has 0 atom stereocenters. The fourth-order valence-corrected chi connectivity index (χ4v) is 1.34. The third-order valence-electron chi connectivity index (χ3n) is 2.13. The van der Waals surface area contributed by atoms with E-state index in [0.717, 1.165) is 39.0 Å². The second kappa shape index (κ2) is 11.3. The van der Waals surface area contributed by atoms with Crippen LogP contribution in [-0.2, 0) is 0 Å². The zero-order chi connectivity index (χ0) is 10.8. The summed E-state index contributed by atoms with van der Waals surface area (Å²) < 4.78 is 0. The molecule has 4 N–H and O–H groups in total. The van der Waals surface area contributed by atoms with Crippen molar-refractivity contribution in [3.8, 4) is 0 Å². The summed E-state index contributed by atoms with van der Waals surface area (Å²) in [6, 6.07) is 0. The molecule has 92 valence electrons. The van der Waals surface area contributed by atoms with Crippen LogP contribution < -0.4 is 5.32 Å². The molecule has 0 aliphatic carbocycles. The normalized spacial score (nSPS) is 14.7. The highest BCUT2D eigenvalue weighted by Crippen LogP contribution is 2.07. The second-order valence-corrected chi connectivity index (χ2v) is 3.29. The molecular weight excluding hydrogens is 196 g/mol. The monoisotopic (exact) mass is 220 g/mol. The molecule has 1 aliphatic rings. The maximum absolute atomic E-state index is 10.3. The number of hydrogen-bond acceptors (Lipinski definition) is 2. The number of rotatable bonds is 2. The van der Waals surface area contributed by atoms with Gasteiger partial charge in [0.1, 0.15) is 0 Å². The van der Waals surface area contributed by atoms with Crippen LogP contribution in [0.15, 0.2) is 0 Å². The Morgan fingerprint density at radius 3 is 1.87 bits per heavy atom. The van der Waals surface area contributed by atoms with Crippen molar-refractivity contribution in [2.45, 2.75) is 33.1 Å². The molecule has 1 amide bonds. The fourth-order valence-electron chi connectivity index (χ4n) is 1.34. The van der Waals surface area contributed by atoms with Gasteiger partial charge in [0.2, 0.25) is 0 Å². The van der Waals surface area contributed by atoms with Crippen molar-refractivity contribution in [3.63, 3.8) is 0 Å². The van der Waals surface area contributed by atoms with Gasteiger partial charge in [-0.2, -0.15) is 0 Å². The predicted molar refractivity (Wildman–Crippen MR) is 61.3 cm³/mol. The minimum atomic E-state index is -0.769. The lowest BCUT2D eigenvalue weighted by Gasteiger charge is -2.22. The molecule has 0 aromatic heterocycles. The SMILES string of the molecule is CCNCC.O.O=C(O)N1CCCCC1. The number of carboxylic acid groups (broad SMARTS) is 1. The Morgan fingerprint density at radius 2 is 1.67 bits per heavy atom. The highest BCUT2D eigenvalue weighted by molar-refractivity contribution is 5.64. The summed E-state index contributed by atoms with van der Waals surface area (Å²) in [6.45, 7) is 7.85. The van der Waals surface area contributed by atoms with E-state index in [1.165, 1.54) is 11.3 Å². The Labute approximate surface area is 91.8 Å². The van der Waals surface area contributed by atoms with Crippen molar-refractivity contribution in [2.24, 2.45) is 0 Å². The summed E-state index contributed by atoms with van der Waals surface area (Å²) in [4.78, 5) is 11.8. The maximum atomic E-state index is 10.3. The first-order valence-electron chi connectivity index (χ1n) is 5.41. The molecule has 0 spiro atoms. The Morgan fingerprint density at radius 1 is 1.20 bits per heavy atom. The van der Waals surface area contributed by atoms with Crippen LogP contribution in [-0.4, -0.2) is 47.8 Å². The molecule has 0 radical (unpaired) electrons. The first-order valence-corrected chi connectivity index (χ1v) is 5.41. The van der Waals surface area contributed by atoms with Crippen LogP contribution in [0.25, 0.3) is 0 Å². The third kappa shape index (κ3) is 9.49. The lowest BCUT2D eigenvalue weighted by Crippen LogP contribution is -2.34. The molecule has 0 bridgehead atoms. The van der Waals surface area contributed by atoms with Crippen LogP contribution in [0.1, 0.15) is 33.1 Å². The van der Waals surface area contributed by atoms with E-state index >= 15 is 0 Å². The summed E-state index contributed by atoms with van der Waals surface area (Å²) >= 11 is 0. The Kier molecular flexibility index (Phi) is 12.5. The molecular formula is C10H24N2O3. The van der Waals surface area contributed by atoms with E-state index in [0.29, 0.717) is 0 Å². The van der Waals surface area contributed by atoms with Crippen molar-refractivity contribution in [1.82, 2.24) is 10.2 Å². The van der Waals surface area contributed by atoms with Gasteiger partial charge in [-0.1, -0.05) is 13.8 Å². The molecule has 15 heavy (non-hydrogen) atoms. The molecule has 1 saturated heterocycles. The minimum Gasteiger partial charge on any atom is -0.465 e. The largest absolute Gasteiger partial charge is 0.465 e. The van der Waals surface area contributed by atoms with E-state index in [2.05, 4.69) is 19.2 Å². The van der Waals surface area contributed by atoms with Crippen molar-refractivity contribution >= 4 is 6.09 Å². The van der Waals surface area contributed by atoms with Crippen LogP contribution in [0.2, 0.25) is 0 Å². The van der Waals surface area contributed by atoms with Gasteiger partial charge < -0.3 is 20.8 Å². The highest BCUT2D eigenvalue weighted by Gasteiger charge is 2.13. The third-order valence-corrected chi connectivity index (χ3v) is 2.13.